The van der Waals surface area contributed by atoms with E-state index in [4.69, 9.17) is 27.9 Å². The Bertz CT molecular complexity index is 971. The summed E-state index contributed by atoms with van der Waals surface area (Å²) in [5.74, 6) is 2.03. The third kappa shape index (κ3) is 3.80. The molecule has 2 saturated heterocycles. The summed E-state index contributed by atoms with van der Waals surface area (Å²) in [5, 5.41) is 7.67. The van der Waals surface area contributed by atoms with Crippen molar-refractivity contribution in [2.75, 3.05) is 31.5 Å². The van der Waals surface area contributed by atoms with Crippen molar-refractivity contribution in [1.29, 1.82) is 0 Å². The van der Waals surface area contributed by atoms with Crippen LogP contribution in [0.3, 0.4) is 0 Å². The molecule has 1 amide bonds. The molecule has 7 heteroatoms. The molecule has 4 atom stereocenters. The second-order valence-corrected chi connectivity index (χ2v) is 9.45. The van der Waals surface area contributed by atoms with Crippen molar-refractivity contribution in [2.24, 2.45) is 11.8 Å². The van der Waals surface area contributed by atoms with E-state index in [1.165, 1.54) is 6.92 Å². The van der Waals surface area contributed by atoms with Crippen LogP contribution in [-0.4, -0.2) is 43.0 Å². The van der Waals surface area contributed by atoms with E-state index in [0.29, 0.717) is 21.9 Å². The number of carbonyl (C=O) groups is 1. The summed E-state index contributed by atoms with van der Waals surface area (Å²) >= 11 is 12.9. The molecule has 1 aliphatic carbocycles. The molecule has 2 heterocycles. The van der Waals surface area contributed by atoms with Gasteiger partial charge in [-0.15, -0.1) is 0 Å². The number of anilines is 1. The molecule has 30 heavy (non-hydrogen) atoms. The number of ether oxygens (including phenoxy) is 1. The molecule has 158 valence electrons. The van der Waals surface area contributed by atoms with Crippen LogP contribution >= 0.6 is 23.2 Å². The van der Waals surface area contributed by atoms with E-state index in [2.05, 4.69) is 15.5 Å². The summed E-state index contributed by atoms with van der Waals surface area (Å²) in [6, 6.07) is 11.6. The summed E-state index contributed by atoms with van der Waals surface area (Å²) in [6.07, 6.45) is 0.699. The first kappa shape index (κ1) is 20.1. The van der Waals surface area contributed by atoms with Gasteiger partial charge in [0.25, 0.3) is 0 Å². The molecule has 2 aromatic carbocycles. The van der Waals surface area contributed by atoms with E-state index < -0.39 is 0 Å². The predicted molar refractivity (Wildman–Crippen MR) is 119 cm³/mol. The maximum atomic E-state index is 11.4. The lowest BCUT2D eigenvalue weighted by Gasteiger charge is -2.31. The van der Waals surface area contributed by atoms with Gasteiger partial charge < -0.3 is 15.4 Å². The van der Waals surface area contributed by atoms with E-state index in [-0.39, 0.29) is 18.1 Å². The first-order valence-corrected chi connectivity index (χ1v) is 11.2. The Hall–Kier alpha value is -1.79. The lowest BCUT2D eigenvalue weighted by molar-refractivity contribution is -0.114. The number of hydrogen-bond donors (Lipinski definition) is 2. The molecule has 3 aliphatic rings. The summed E-state index contributed by atoms with van der Waals surface area (Å²) < 4.78 is 6.56. The predicted octanol–water partition coefficient (Wildman–Crippen LogP) is 4.15. The van der Waals surface area contributed by atoms with Gasteiger partial charge in [0, 0.05) is 47.4 Å². The molecule has 2 unspecified atom stereocenters. The van der Waals surface area contributed by atoms with Crippen molar-refractivity contribution in [3.05, 3.63) is 57.6 Å². The topological polar surface area (TPSA) is 53.6 Å². The number of hydrogen-bond acceptors (Lipinski definition) is 4. The van der Waals surface area contributed by atoms with Crippen molar-refractivity contribution in [3.8, 4) is 5.75 Å². The monoisotopic (exact) mass is 445 g/mol. The third-order valence-electron chi connectivity index (χ3n) is 6.57. The Balaban J connectivity index is 1.46. The van der Waals surface area contributed by atoms with Crippen LogP contribution in [0.15, 0.2) is 36.4 Å². The Labute approximate surface area is 186 Å². The van der Waals surface area contributed by atoms with Crippen LogP contribution in [0.4, 0.5) is 5.69 Å². The third-order valence-corrected chi connectivity index (χ3v) is 7.12. The van der Waals surface area contributed by atoms with Gasteiger partial charge >= 0.3 is 0 Å². The number of fused-ring (bicyclic) bond motifs is 2. The van der Waals surface area contributed by atoms with Crippen molar-refractivity contribution < 1.29 is 9.53 Å². The Morgan fingerprint density at radius 3 is 2.67 bits per heavy atom. The first-order valence-electron chi connectivity index (χ1n) is 10.4. The average Bonchev–Trinajstić information content (AvgIpc) is 3.35. The molecule has 5 rings (SSSR count). The lowest BCUT2D eigenvalue weighted by atomic mass is 10.0. The van der Waals surface area contributed by atoms with Gasteiger partial charge in [-0.05, 0) is 61.2 Å². The van der Waals surface area contributed by atoms with Gasteiger partial charge in [0.2, 0.25) is 5.91 Å². The highest BCUT2D eigenvalue weighted by molar-refractivity contribution is 6.35. The second-order valence-electron chi connectivity index (χ2n) is 8.61. The first-order chi connectivity index (χ1) is 14.5. The minimum absolute atomic E-state index is 0.105. The number of rotatable bonds is 4. The fraction of sp³-hybridized carbons (Fsp3) is 0.435. The molecular weight excluding hydrogens is 421 g/mol. The van der Waals surface area contributed by atoms with Crippen LogP contribution in [0.2, 0.25) is 10.0 Å². The molecule has 0 bridgehead atoms. The van der Waals surface area contributed by atoms with Gasteiger partial charge in [0.05, 0.1) is 6.04 Å². The van der Waals surface area contributed by atoms with E-state index >= 15 is 0 Å². The lowest BCUT2D eigenvalue weighted by Crippen LogP contribution is -2.40. The molecule has 0 aromatic heterocycles. The van der Waals surface area contributed by atoms with Crippen molar-refractivity contribution >= 4 is 34.8 Å². The number of amides is 1. The number of likely N-dealkylation sites (tertiary alicyclic amines) is 1. The van der Waals surface area contributed by atoms with Gasteiger partial charge in [0.15, 0.2) is 0 Å². The minimum Gasteiger partial charge on any atom is -0.484 e. The molecule has 0 spiro atoms. The highest BCUT2D eigenvalue weighted by atomic mass is 35.5. The number of nitrogens with zero attached hydrogens (tertiary/aromatic N) is 1. The van der Waals surface area contributed by atoms with Crippen LogP contribution in [0.5, 0.6) is 5.75 Å². The Kier molecular flexibility index (Phi) is 5.40. The Morgan fingerprint density at radius 1 is 1.17 bits per heavy atom. The number of nitrogens with one attached hydrogen (secondary N) is 2. The van der Waals surface area contributed by atoms with Crippen LogP contribution in [0, 0.1) is 11.8 Å². The van der Waals surface area contributed by atoms with E-state index in [1.54, 1.807) is 0 Å². The Morgan fingerprint density at radius 2 is 1.93 bits per heavy atom. The molecule has 0 radical (unpaired) electrons. The zero-order chi connectivity index (χ0) is 20.8. The van der Waals surface area contributed by atoms with Crippen molar-refractivity contribution in [2.45, 2.75) is 25.5 Å². The molecule has 2 fully saturated rings. The highest BCUT2D eigenvalue weighted by Crippen LogP contribution is 2.44. The number of benzene rings is 2. The van der Waals surface area contributed by atoms with Crippen molar-refractivity contribution in [3.63, 3.8) is 0 Å². The molecule has 2 aromatic rings. The van der Waals surface area contributed by atoms with E-state index in [9.17, 15) is 4.79 Å². The molecule has 2 N–H and O–H groups in total. The van der Waals surface area contributed by atoms with Gasteiger partial charge in [-0.25, -0.2) is 0 Å². The molecule has 2 aliphatic heterocycles. The summed E-state index contributed by atoms with van der Waals surface area (Å²) in [7, 11) is 0. The number of halogens is 2. The van der Waals surface area contributed by atoms with Gasteiger partial charge in [-0.3, -0.25) is 9.69 Å². The fourth-order valence-electron chi connectivity index (χ4n) is 5.24. The maximum Gasteiger partial charge on any atom is 0.221 e. The van der Waals surface area contributed by atoms with Gasteiger partial charge in [-0.1, -0.05) is 29.3 Å². The standard InChI is InChI=1S/C23H25Cl2N3O2/c1-13(29)27-17-3-2-4-18(7-17)30-23-20-5-16(24)6-21(25)19(20)8-22(23)28-11-14-9-26-10-15(14)12-28/h2-7,14-15,22-23,26H,8-12H2,1H3,(H,27,29)/t14?,15?,22-,23-/m0/s1. The highest BCUT2D eigenvalue weighted by Gasteiger charge is 2.45. The minimum atomic E-state index is -0.157. The summed E-state index contributed by atoms with van der Waals surface area (Å²) in [6.45, 7) is 5.84. The molecular formula is C23H25Cl2N3O2. The molecule has 0 saturated carbocycles. The zero-order valence-corrected chi connectivity index (χ0v) is 18.3. The quantitative estimate of drug-likeness (QED) is 0.741. The van der Waals surface area contributed by atoms with Crippen LogP contribution in [0.1, 0.15) is 24.2 Å². The average molecular weight is 446 g/mol. The normalized spacial score (nSPS) is 27.7. The maximum absolute atomic E-state index is 11.4. The van der Waals surface area contributed by atoms with Gasteiger partial charge in [0.1, 0.15) is 11.9 Å². The van der Waals surface area contributed by atoms with E-state index in [1.807, 2.05) is 36.4 Å². The largest absolute Gasteiger partial charge is 0.484 e. The SMILES string of the molecule is CC(=O)Nc1cccc(O[C@H]2c3cc(Cl)cc(Cl)c3C[C@@H]2N2CC3CNCC3C2)c1. The van der Waals surface area contributed by atoms with Crippen LogP contribution in [0.25, 0.3) is 0 Å². The van der Waals surface area contributed by atoms with Crippen LogP contribution < -0.4 is 15.4 Å². The molecule has 5 nitrogen and oxygen atoms in total. The summed E-state index contributed by atoms with van der Waals surface area (Å²) in [5.41, 5.74) is 2.92. The van der Waals surface area contributed by atoms with Crippen molar-refractivity contribution in [1.82, 2.24) is 10.2 Å². The van der Waals surface area contributed by atoms with Crippen LogP contribution in [-0.2, 0) is 11.2 Å². The number of carbonyl (C=O) groups excluding carboxylic acids is 1. The van der Waals surface area contributed by atoms with E-state index in [0.717, 1.165) is 55.2 Å². The fourth-order valence-corrected chi connectivity index (χ4v) is 5.82. The second kappa shape index (κ2) is 8.04. The van der Waals surface area contributed by atoms with Gasteiger partial charge in [-0.2, -0.15) is 0 Å². The zero-order valence-electron chi connectivity index (χ0n) is 16.8. The smallest absolute Gasteiger partial charge is 0.221 e. The summed E-state index contributed by atoms with van der Waals surface area (Å²) in [4.78, 5) is 14.0.